The van der Waals surface area contributed by atoms with Crippen LogP contribution in [0, 0.1) is 18.8 Å². The van der Waals surface area contributed by atoms with Crippen molar-refractivity contribution in [1.29, 1.82) is 0 Å². The smallest absolute Gasteiger partial charge is 0.147 e. The molecule has 3 atom stereocenters. The number of aliphatic hydroxyl groups is 2. The highest BCUT2D eigenvalue weighted by Gasteiger charge is 2.33. The van der Waals surface area contributed by atoms with E-state index in [1.807, 2.05) is 31.2 Å². The van der Waals surface area contributed by atoms with E-state index in [0.29, 0.717) is 0 Å². The van der Waals surface area contributed by atoms with Crippen molar-refractivity contribution in [2.75, 3.05) is 6.61 Å². The van der Waals surface area contributed by atoms with Gasteiger partial charge in [-0.3, -0.25) is 0 Å². The van der Waals surface area contributed by atoms with E-state index in [4.69, 9.17) is 4.74 Å². The summed E-state index contributed by atoms with van der Waals surface area (Å²) >= 11 is 0. The minimum absolute atomic E-state index is 0.147. The number of hydrogen-bond donors (Lipinski definition) is 2. The molecule has 0 saturated carbocycles. The minimum atomic E-state index is -0.906. The molecule has 1 aliphatic heterocycles. The Morgan fingerprint density at radius 1 is 1.31 bits per heavy atom. The number of aryl methyl sites for hydroxylation is 1. The summed E-state index contributed by atoms with van der Waals surface area (Å²) in [5.41, 5.74) is 2.00. The number of ether oxygens (including phenoxy) is 1. The van der Waals surface area contributed by atoms with E-state index < -0.39 is 18.3 Å². The summed E-state index contributed by atoms with van der Waals surface area (Å²) in [6.45, 7) is 2.12. The second kappa shape index (κ2) is 4.67. The first-order valence-electron chi connectivity index (χ1n) is 5.23. The molecule has 3 unspecified atom stereocenters. The lowest BCUT2D eigenvalue weighted by atomic mass is 10.1. The van der Waals surface area contributed by atoms with Gasteiger partial charge in [0.15, 0.2) is 0 Å². The largest absolute Gasteiger partial charge is 0.388 e. The Balaban J connectivity index is 2.14. The first-order chi connectivity index (χ1) is 7.68. The monoisotopic (exact) mass is 218 g/mol. The lowest BCUT2D eigenvalue weighted by Gasteiger charge is -2.07. The van der Waals surface area contributed by atoms with Gasteiger partial charge in [-0.05, 0) is 18.6 Å². The van der Waals surface area contributed by atoms with Crippen molar-refractivity contribution in [3.63, 3.8) is 0 Å². The molecular formula is C13H14O3. The summed E-state index contributed by atoms with van der Waals surface area (Å²) in [6.07, 6.45) is -2.32. The molecule has 1 saturated heterocycles. The lowest BCUT2D eigenvalue weighted by Crippen LogP contribution is -2.28. The third kappa shape index (κ3) is 2.25. The average Bonchev–Trinajstić information content (AvgIpc) is 2.59. The topological polar surface area (TPSA) is 49.7 Å². The highest BCUT2D eigenvalue weighted by Crippen LogP contribution is 2.13. The van der Waals surface area contributed by atoms with E-state index in [1.165, 1.54) is 0 Å². The van der Waals surface area contributed by atoms with Crippen LogP contribution in [0.5, 0.6) is 0 Å². The molecule has 1 aromatic rings. The molecule has 3 heteroatoms. The molecule has 0 amide bonds. The van der Waals surface area contributed by atoms with Crippen LogP contribution in [0.2, 0.25) is 0 Å². The van der Waals surface area contributed by atoms with Crippen LogP contribution in [-0.2, 0) is 4.74 Å². The zero-order chi connectivity index (χ0) is 11.5. The summed E-state index contributed by atoms with van der Waals surface area (Å²) in [7, 11) is 0. The van der Waals surface area contributed by atoms with Crippen LogP contribution in [0.1, 0.15) is 11.1 Å². The predicted octanol–water partition coefficient (Wildman–Crippen LogP) is 0.467. The van der Waals surface area contributed by atoms with Crippen molar-refractivity contribution < 1.29 is 14.9 Å². The fraction of sp³-hybridized carbons (Fsp3) is 0.385. The second-order valence-corrected chi connectivity index (χ2v) is 3.90. The molecule has 1 aromatic carbocycles. The molecule has 3 nitrogen and oxygen atoms in total. The third-order valence-corrected chi connectivity index (χ3v) is 2.65. The maximum absolute atomic E-state index is 9.53. The maximum Gasteiger partial charge on any atom is 0.147 e. The van der Waals surface area contributed by atoms with Crippen molar-refractivity contribution in [3.8, 4) is 11.8 Å². The van der Waals surface area contributed by atoms with Crippen molar-refractivity contribution >= 4 is 0 Å². The van der Waals surface area contributed by atoms with Crippen LogP contribution in [0.4, 0.5) is 0 Å². The van der Waals surface area contributed by atoms with Gasteiger partial charge in [0.1, 0.15) is 18.3 Å². The van der Waals surface area contributed by atoms with E-state index in [-0.39, 0.29) is 6.61 Å². The summed E-state index contributed by atoms with van der Waals surface area (Å²) < 4.78 is 5.17. The van der Waals surface area contributed by atoms with Gasteiger partial charge in [0.2, 0.25) is 0 Å². The Bertz CT molecular complexity index is 430. The third-order valence-electron chi connectivity index (χ3n) is 2.65. The minimum Gasteiger partial charge on any atom is -0.388 e. The van der Waals surface area contributed by atoms with E-state index in [0.717, 1.165) is 11.1 Å². The fourth-order valence-electron chi connectivity index (χ4n) is 1.59. The van der Waals surface area contributed by atoms with Gasteiger partial charge < -0.3 is 14.9 Å². The quantitative estimate of drug-likeness (QED) is 0.622. The van der Waals surface area contributed by atoms with E-state index in [2.05, 4.69) is 11.8 Å². The molecule has 84 valence electrons. The van der Waals surface area contributed by atoms with Crippen LogP contribution in [0.15, 0.2) is 24.3 Å². The highest BCUT2D eigenvalue weighted by molar-refractivity contribution is 5.41. The van der Waals surface area contributed by atoms with Crippen LogP contribution in [0.3, 0.4) is 0 Å². The average molecular weight is 218 g/mol. The van der Waals surface area contributed by atoms with Crippen molar-refractivity contribution in [2.45, 2.75) is 25.2 Å². The summed E-state index contributed by atoms with van der Waals surface area (Å²) in [5, 5.41) is 18.8. The number of rotatable bonds is 0. The zero-order valence-corrected chi connectivity index (χ0v) is 9.05. The summed E-state index contributed by atoms with van der Waals surface area (Å²) in [4.78, 5) is 0. The van der Waals surface area contributed by atoms with Gasteiger partial charge in [0.05, 0.1) is 6.61 Å². The first kappa shape index (κ1) is 11.2. The zero-order valence-electron chi connectivity index (χ0n) is 9.05. The Hall–Kier alpha value is -1.34. The molecule has 0 aliphatic carbocycles. The molecule has 2 N–H and O–H groups in total. The molecule has 1 aliphatic rings. The van der Waals surface area contributed by atoms with E-state index in [9.17, 15) is 10.2 Å². The van der Waals surface area contributed by atoms with Crippen molar-refractivity contribution in [3.05, 3.63) is 35.4 Å². The Morgan fingerprint density at radius 3 is 2.69 bits per heavy atom. The van der Waals surface area contributed by atoms with Crippen molar-refractivity contribution in [2.24, 2.45) is 0 Å². The number of aliphatic hydroxyl groups excluding tert-OH is 2. The molecule has 16 heavy (non-hydrogen) atoms. The Labute approximate surface area is 94.7 Å². The predicted molar refractivity (Wildman–Crippen MR) is 59.8 cm³/mol. The molecule has 0 bridgehead atoms. The van der Waals surface area contributed by atoms with Crippen LogP contribution in [-0.4, -0.2) is 35.1 Å². The molecule has 0 radical (unpaired) electrons. The molecule has 1 fully saturated rings. The normalized spacial score (nSPS) is 28.6. The van der Waals surface area contributed by atoms with E-state index >= 15 is 0 Å². The Morgan fingerprint density at radius 2 is 2.06 bits per heavy atom. The van der Waals surface area contributed by atoms with Gasteiger partial charge >= 0.3 is 0 Å². The molecule has 0 spiro atoms. The van der Waals surface area contributed by atoms with E-state index in [1.54, 1.807) is 0 Å². The summed E-state index contributed by atoms with van der Waals surface area (Å²) in [5.74, 6) is 5.80. The van der Waals surface area contributed by atoms with Gasteiger partial charge in [-0.25, -0.2) is 0 Å². The van der Waals surface area contributed by atoms with Gasteiger partial charge in [-0.2, -0.15) is 0 Å². The molecule has 0 aromatic heterocycles. The van der Waals surface area contributed by atoms with Gasteiger partial charge in [0.25, 0.3) is 0 Å². The molecular weight excluding hydrogens is 204 g/mol. The fourth-order valence-corrected chi connectivity index (χ4v) is 1.59. The van der Waals surface area contributed by atoms with Crippen LogP contribution < -0.4 is 0 Å². The molecule has 2 rings (SSSR count). The summed E-state index contributed by atoms with van der Waals surface area (Å²) in [6, 6.07) is 7.76. The lowest BCUT2D eigenvalue weighted by molar-refractivity contribution is 0.0447. The van der Waals surface area contributed by atoms with Gasteiger partial charge in [-0.1, -0.05) is 30.0 Å². The van der Waals surface area contributed by atoms with Crippen molar-refractivity contribution in [1.82, 2.24) is 0 Å². The maximum atomic E-state index is 9.53. The highest BCUT2D eigenvalue weighted by atomic mass is 16.5. The Kier molecular flexibility index (Phi) is 3.25. The van der Waals surface area contributed by atoms with Gasteiger partial charge in [0, 0.05) is 5.56 Å². The standard InChI is InChI=1S/C13H14O3/c1-9-4-2-3-5-10(9)6-7-12-13(15)11(14)8-16-12/h2-5,11-15H,8H2,1H3. The SMILES string of the molecule is Cc1ccccc1C#CC1OCC(O)C1O. The molecule has 1 heterocycles. The van der Waals surface area contributed by atoms with Crippen LogP contribution in [0.25, 0.3) is 0 Å². The first-order valence-corrected chi connectivity index (χ1v) is 5.23. The number of benzene rings is 1. The number of hydrogen-bond acceptors (Lipinski definition) is 3. The van der Waals surface area contributed by atoms with Crippen LogP contribution >= 0.6 is 0 Å². The second-order valence-electron chi connectivity index (χ2n) is 3.90. The van der Waals surface area contributed by atoms with Gasteiger partial charge in [-0.15, -0.1) is 0 Å².